The van der Waals surface area contributed by atoms with Crippen LogP contribution < -0.4 is 0 Å². The molecule has 2 saturated heterocycles. The van der Waals surface area contributed by atoms with Crippen LogP contribution in [-0.2, 0) is 14.3 Å². The SMILES string of the molecule is Cc1ccc(C)c(/C(O)=C2/C(=O)C(=O)N(CC3CCCO3)C2c2cccs2)c1. The minimum Gasteiger partial charge on any atom is -0.507 e. The van der Waals surface area contributed by atoms with E-state index in [0.717, 1.165) is 28.8 Å². The predicted molar refractivity (Wildman–Crippen MR) is 108 cm³/mol. The van der Waals surface area contributed by atoms with Crippen molar-refractivity contribution >= 4 is 28.8 Å². The first-order chi connectivity index (χ1) is 13.5. The highest BCUT2D eigenvalue weighted by Crippen LogP contribution is 2.42. The molecule has 146 valence electrons. The second kappa shape index (κ2) is 7.53. The number of carbonyl (C=O) groups excluding carboxylic acids is 2. The number of thiophene rings is 1. The lowest BCUT2D eigenvalue weighted by Crippen LogP contribution is -2.36. The van der Waals surface area contributed by atoms with Crippen LogP contribution in [0.25, 0.3) is 5.76 Å². The number of aliphatic hydroxyl groups is 1. The molecule has 0 saturated carbocycles. The van der Waals surface area contributed by atoms with Gasteiger partial charge in [-0.3, -0.25) is 9.59 Å². The number of ether oxygens (including phenoxy) is 1. The van der Waals surface area contributed by atoms with Crippen molar-refractivity contribution in [1.29, 1.82) is 0 Å². The van der Waals surface area contributed by atoms with Gasteiger partial charge >= 0.3 is 0 Å². The lowest BCUT2D eigenvalue weighted by Gasteiger charge is -2.26. The maximum atomic E-state index is 13.0. The van der Waals surface area contributed by atoms with Gasteiger partial charge in [0.1, 0.15) is 5.76 Å². The number of likely N-dealkylation sites (tertiary alicyclic amines) is 1. The van der Waals surface area contributed by atoms with E-state index in [1.165, 1.54) is 11.3 Å². The van der Waals surface area contributed by atoms with E-state index >= 15 is 0 Å². The zero-order valence-electron chi connectivity index (χ0n) is 16.0. The Morgan fingerprint density at radius 3 is 2.79 bits per heavy atom. The molecule has 2 aliphatic heterocycles. The number of nitrogens with zero attached hydrogens (tertiary/aromatic N) is 1. The number of hydrogen-bond donors (Lipinski definition) is 1. The number of Topliss-reactive ketones (excluding diaryl/α,β-unsaturated/α-hetero) is 1. The number of amides is 1. The second-order valence-corrected chi connectivity index (χ2v) is 8.40. The van der Waals surface area contributed by atoms with Crippen LogP contribution in [0.5, 0.6) is 0 Å². The molecular weight excluding hydrogens is 374 g/mol. The van der Waals surface area contributed by atoms with Gasteiger partial charge in [-0.1, -0.05) is 23.8 Å². The number of aliphatic hydroxyl groups excluding tert-OH is 1. The van der Waals surface area contributed by atoms with Crippen molar-refractivity contribution in [1.82, 2.24) is 4.90 Å². The van der Waals surface area contributed by atoms with Gasteiger partial charge in [-0.05, 0) is 49.8 Å². The van der Waals surface area contributed by atoms with Gasteiger partial charge in [-0.15, -0.1) is 11.3 Å². The Bertz CT molecular complexity index is 941. The van der Waals surface area contributed by atoms with Gasteiger partial charge in [0.05, 0.1) is 17.7 Å². The summed E-state index contributed by atoms with van der Waals surface area (Å²) in [6, 6.07) is 8.93. The summed E-state index contributed by atoms with van der Waals surface area (Å²) in [6.45, 7) is 4.86. The van der Waals surface area contributed by atoms with E-state index < -0.39 is 17.7 Å². The molecule has 0 radical (unpaired) electrons. The normalized spacial score (nSPS) is 24.3. The lowest BCUT2D eigenvalue weighted by atomic mass is 9.96. The molecule has 1 aromatic heterocycles. The maximum absolute atomic E-state index is 13.0. The van der Waals surface area contributed by atoms with E-state index in [1.807, 2.05) is 49.6 Å². The number of rotatable bonds is 4. The summed E-state index contributed by atoms with van der Waals surface area (Å²) in [5.41, 5.74) is 2.60. The van der Waals surface area contributed by atoms with E-state index in [0.29, 0.717) is 18.7 Å². The van der Waals surface area contributed by atoms with Crippen LogP contribution in [-0.4, -0.2) is 41.0 Å². The summed E-state index contributed by atoms with van der Waals surface area (Å²) in [7, 11) is 0. The monoisotopic (exact) mass is 397 g/mol. The minimum absolute atomic E-state index is 0.0681. The van der Waals surface area contributed by atoms with Gasteiger partial charge in [-0.25, -0.2) is 0 Å². The average molecular weight is 397 g/mol. The molecule has 1 aromatic carbocycles. The highest BCUT2D eigenvalue weighted by molar-refractivity contribution is 7.10. The van der Waals surface area contributed by atoms with Crippen LogP contribution in [0.15, 0.2) is 41.3 Å². The fourth-order valence-electron chi connectivity index (χ4n) is 3.95. The Labute approximate surface area is 168 Å². The molecule has 0 spiro atoms. The van der Waals surface area contributed by atoms with E-state index in [1.54, 1.807) is 4.90 Å². The highest BCUT2D eigenvalue weighted by atomic mass is 32.1. The molecule has 2 unspecified atom stereocenters. The number of carbonyl (C=O) groups is 2. The molecule has 1 amide bonds. The molecule has 0 aliphatic carbocycles. The third-order valence-corrected chi connectivity index (χ3v) is 6.35. The topological polar surface area (TPSA) is 66.8 Å². The van der Waals surface area contributed by atoms with Crippen LogP contribution in [0.1, 0.15) is 40.5 Å². The van der Waals surface area contributed by atoms with Gasteiger partial charge in [-0.2, -0.15) is 0 Å². The molecule has 3 heterocycles. The molecule has 1 N–H and O–H groups in total. The zero-order chi connectivity index (χ0) is 19.8. The first-order valence-electron chi connectivity index (χ1n) is 9.48. The average Bonchev–Trinajstić information content (AvgIpc) is 3.42. The first-order valence-corrected chi connectivity index (χ1v) is 10.4. The quantitative estimate of drug-likeness (QED) is 0.482. The number of hydrogen-bond acceptors (Lipinski definition) is 5. The van der Waals surface area contributed by atoms with Gasteiger partial charge in [0.15, 0.2) is 0 Å². The summed E-state index contributed by atoms with van der Waals surface area (Å²) in [5.74, 6) is -1.30. The summed E-state index contributed by atoms with van der Waals surface area (Å²) in [6.07, 6.45) is 1.76. The zero-order valence-corrected chi connectivity index (χ0v) is 16.8. The first kappa shape index (κ1) is 18.9. The summed E-state index contributed by atoms with van der Waals surface area (Å²) in [4.78, 5) is 28.3. The third-order valence-electron chi connectivity index (χ3n) is 5.43. The molecular formula is C22H23NO4S. The molecule has 5 nitrogen and oxygen atoms in total. The Hall–Kier alpha value is -2.44. The van der Waals surface area contributed by atoms with Gasteiger partial charge in [0, 0.05) is 23.6 Å². The van der Waals surface area contributed by atoms with E-state index in [2.05, 4.69) is 0 Å². The fraction of sp³-hybridized carbons (Fsp3) is 0.364. The molecule has 28 heavy (non-hydrogen) atoms. The summed E-state index contributed by atoms with van der Waals surface area (Å²) in [5, 5.41) is 13.0. The van der Waals surface area contributed by atoms with Crippen LogP contribution in [0.4, 0.5) is 0 Å². The largest absolute Gasteiger partial charge is 0.507 e. The van der Waals surface area contributed by atoms with Crippen molar-refractivity contribution in [3.05, 3.63) is 62.9 Å². The standard InChI is InChI=1S/C22H23NO4S/c1-13-7-8-14(2)16(11-13)20(24)18-19(17-6-4-10-28-17)23(22(26)21(18)25)12-15-5-3-9-27-15/h4,6-8,10-11,15,19,24H,3,5,9,12H2,1-2H3/b20-18-. The summed E-state index contributed by atoms with van der Waals surface area (Å²) < 4.78 is 5.70. The molecule has 2 aromatic rings. The smallest absolute Gasteiger partial charge is 0.295 e. The highest BCUT2D eigenvalue weighted by Gasteiger charge is 2.47. The third kappa shape index (κ3) is 3.27. The van der Waals surface area contributed by atoms with Gasteiger partial charge in [0.25, 0.3) is 11.7 Å². The fourth-order valence-corrected chi connectivity index (χ4v) is 4.80. The Morgan fingerprint density at radius 2 is 2.11 bits per heavy atom. The van der Waals surface area contributed by atoms with Crippen molar-refractivity contribution < 1.29 is 19.4 Å². The van der Waals surface area contributed by atoms with E-state index in [4.69, 9.17) is 4.74 Å². The molecule has 2 fully saturated rings. The molecule has 6 heteroatoms. The van der Waals surface area contributed by atoms with Gasteiger partial charge in [0.2, 0.25) is 0 Å². The van der Waals surface area contributed by atoms with Crippen molar-refractivity contribution in [2.45, 2.75) is 38.8 Å². The summed E-state index contributed by atoms with van der Waals surface area (Å²) >= 11 is 1.48. The van der Waals surface area contributed by atoms with E-state index in [-0.39, 0.29) is 17.4 Å². The van der Waals surface area contributed by atoms with Crippen molar-refractivity contribution in [3.8, 4) is 0 Å². The lowest BCUT2D eigenvalue weighted by molar-refractivity contribution is -0.140. The minimum atomic E-state index is -0.630. The van der Waals surface area contributed by atoms with Crippen molar-refractivity contribution in [2.24, 2.45) is 0 Å². The number of ketones is 1. The maximum Gasteiger partial charge on any atom is 0.295 e. The Morgan fingerprint density at radius 1 is 1.29 bits per heavy atom. The van der Waals surface area contributed by atoms with Crippen LogP contribution in [0.3, 0.4) is 0 Å². The van der Waals surface area contributed by atoms with Crippen LogP contribution in [0, 0.1) is 13.8 Å². The molecule has 2 aliphatic rings. The molecule has 2 atom stereocenters. The van der Waals surface area contributed by atoms with E-state index in [9.17, 15) is 14.7 Å². The molecule has 0 bridgehead atoms. The van der Waals surface area contributed by atoms with Crippen molar-refractivity contribution in [3.63, 3.8) is 0 Å². The molecule has 4 rings (SSSR count). The van der Waals surface area contributed by atoms with Crippen LogP contribution >= 0.6 is 11.3 Å². The predicted octanol–water partition coefficient (Wildman–Crippen LogP) is 3.97. The van der Waals surface area contributed by atoms with Gasteiger partial charge < -0.3 is 14.7 Å². The van der Waals surface area contributed by atoms with Crippen LogP contribution in [0.2, 0.25) is 0 Å². The number of benzene rings is 1. The second-order valence-electron chi connectivity index (χ2n) is 7.42. The Balaban J connectivity index is 1.83. The van der Waals surface area contributed by atoms with Crippen molar-refractivity contribution in [2.75, 3.05) is 13.2 Å². The Kier molecular flexibility index (Phi) is 5.08. The number of aryl methyl sites for hydroxylation is 2.